The van der Waals surface area contributed by atoms with Crippen LogP contribution < -0.4 is 5.32 Å². The molecule has 8 heteroatoms. The number of halogens is 3. The highest BCUT2D eigenvalue weighted by Crippen LogP contribution is 2.30. The molecular formula is C14H14F3N3O2. The molecule has 0 unspecified atom stereocenters. The lowest BCUT2D eigenvalue weighted by atomic mass is 10.2. The van der Waals surface area contributed by atoms with E-state index in [0.717, 1.165) is 12.1 Å². The number of benzene rings is 1. The van der Waals surface area contributed by atoms with E-state index in [-0.39, 0.29) is 24.0 Å². The first-order valence-corrected chi connectivity index (χ1v) is 6.51. The van der Waals surface area contributed by atoms with Gasteiger partial charge in [0.25, 0.3) is 5.91 Å². The van der Waals surface area contributed by atoms with Crippen LogP contribution in [0.15, 0.2) is 36.5 Å². The summed E-state index contributed by atoms with van der Waals surface area (Å²) < 4.78 is 44.2. The van der Waals surface area contributed by atoms with Crippen LogP contribution in [0.3, 0.4) is 0 Å². The molecule has 0 spiro atoms. The quantitative estimate of drug-likeness (QED) is 0.923. The number of nitrogens with one attached hydrogen (secondary N) is 1. The summed E-state index contributed by atoms with van der Waals surface area (Å²) >= 11 is 0. The van der Waals surface area contributed by atoms with Gasteiger partial charge in [-0.3, -0.25) is 4.79 Å². The number of rotatable bonds is 5. The summed E-state index contributed by atoms with van der Waals surface area (Å²) in [7, 11) is 0. The third-order valence-electron chi connectivity index (χ3n) is 2.73. The van der Waals surface area contributed by atoms with Crippen LogP contribution in [0, 0.1) is 0 Å². The van der Waals surface area contributed by atoms with Crippen LogP contribution in [-0.4, -0.2) is 28.9 Å². The number of hydrogen-bond acceptors (Lipinski definition) is 3. The van der Waals surface area contributed by atoms with Crippen molar-refractivity contribution in [2.45, 2.75) is 13.1 Å². The molecule has 0 aliphatic carbocycles. The highest BCUT2D eigenvalue weighted by atomic mass is 19.4. The highest BCUT2D eigenvalue weighted by molar-refractivity contribution is 5.90. The van der Waals surface area contributed by atoms with E-state index in [4.69, 9.17) is 4.74 Å². The van der Waals surface area contributed by atoms with Gasteiger partial charge in [0.1, 0.15) is 6.61 Å². The summed E-state index contributed by atoms with van der Waals surface area (Å²) in [6.45, 7) is 2.06. The van der Waals surface area contributed by atoms with Crippen molar-refractivity contribution in [3.05, 3.63) is 42.1 Å². The number of anilines is 1. The van der Waals surface area contributed by atoms with Gasteiger partial charge in [0.05, 0.1) is 11.3 Å². The van der Waals surface area contributed by atoms with E-state index >= 15 is 0 Å². The van der Waals surface area contributed by atoms with E-state index < -0.39 is 11.7 Å². The van der Waals surface area contributed by atoms with Gasteiger partial charge in [0.15, 0.2) is 5.82 Å². The van der Waals surface area contributed by atoms with E-state index in [1.54, 1.807) is 6.92 Å². The summed E-state index contributed by atoms with van der Waals surface area (Å²) in [6, 6.07) is 6.25. The molecule has 5 nitrogen and oxygen atoms in total. The van der Waals surface area contributed by atoms with Crippen molar-refractivity contribution in [2.24, 2.45) is 0 Å². The molecule has 2 aromatic rings. The molecule has 1 amide bonds. The zero-order chi connectivity index (χ0) is 16.2. The summed E-state index contributed by atoms with van der Waals surface area (Å²) in [4.78, 5) is 11.5. The lowest BCUT2D eigenvalue weighted by molar-refractivity contribution is -0.137. The molecule has 22 heavy (non-hydrogen) atoms. The Balaban J connectivity index is 2.13. The van der Waals surface area contributed by atoms with Crippen LogP contribution in [-0.2, 0) is 15.7 Å². The number of amides is 1. The molecule has 0 aliphatic heterocycles. The predicted molar refractivity (Wildman–Crippen MR) is 73.7 cm³/mol. The summed E-state index contributed by atoms with van der Waals surface area (Å²) in [5, 5.41) is 6.51. The number of alkyl halides is 3. The van der Waals surface area contributed by atoms with Crippen molar-refractivity contribution in [1.82, 2.24) is 9.78 Å². The Bertz CT molecular complexity index is 653. The molecule has 0 aliphatic rings. The second kappa shape index (κ2) is 6.61. The van der Waals surface area contributed by atoms with Crippen LogP contribution in [0.5, 0.6) is 0 Å². The Morgan fingerprint density at radius 1 is 1.36 bits per heavy atom. The minimum absolute atomic E-state index is 0.104. The molecule has 0 fully saturated rings. The molecule has 1 aromatic heterocycles. The number of carbonyl (C=O) groups excluding carboxylic acids is 1. The smallest absolute Gasteiger partial charge is 0.372 e. The monoisotopic (exact) mass is 313 g/mol. The third-order valence-corrected chi connectivity index (χ3v) is 2.73. The molecule has 0 atom stereocenters. The Labute approximate surface area is 124 Å². The number of hydrogen-bond donors (Lipinski definition) is 1. The normalized spacial score (nSPS) is 11.5. The summed E-state index contributed by atoms with van der Waals surface area (Å²) in [5.74, 6) is -0.141. The zero-order valence-electron chi connectivity index (χ0n) is 11.7. The van der Waals surface area contributed by atoms with Gasteiger partial charge in [-0.2, -0.15) is 18.3 Å². The second-order valence-corrected chi connectivity index (χ2v) is 4.38. The Morgan fingerprint density at radius 2 is 2.14 bits per heavy atom. The Kier molecular flexibility index (Phi) is 4.81. The van der Waals surface area contributed by atoms with E-state index in [0.29, 0.717) is 6.61 Å². The van der Waals surface area contributed by atoms with Crippen LogP contribution in [0.4, 0.5) is 19.0 Å². The van der Waals surface area contributed by atoms with E-state index in [1.165, 1.54) is 29.1 Å². The van der Waals surface area contributed by atoms with E-state index in [2.05, 4.69) is 10.4 Å². The molecule has 118 valence electrons. The maximum Gasteiger partial charge on any atom is 0.416 e. The van der Waals surface area contributed by atoms with E-state index in [9.17, 15) is 18.0 Å². The number of carbonyl (C=O) groups is 1. The van der Waals surface area contributed by atoms with Gasteiger partial charge in [0, 0.05) is 18.9 Å². The molecule has 0 radical (unpaired) electrons. The van der Waals surface area contributed by atoms with Crippen LogP contribution in [0.1, 0.15) is 12.5 Å². The number of aromatic nitrogens is 2. The third kappa shape index (κ3) is 4.08. The largest absolute Gasteiger partial charge is 0.416 e. The van der Waals surface area contributed by atoms with Crippen molar-refractivity contribution in [3.63, 3.8) is 0 Å². The fraction of sp³-hybridized carbons (Fsp3) is 0.286. The van der Waals surface area contributed by atoms with E-state index in [1.807, 2.05) is 0 Å². The van der Waals surface area contributed by atoms with Gasteiger partial charge in [-0.1, -0.05) is 6.07 Å². The second-order valence-electron chi connectivity index (χ2n) is 4.38. The van der Waals surface area contributed by atoms with Crippen LogP contribution >= 0.6 is 0 Å². The SMILES string of the molecule is CCOCC(=O)Nc1ccn(-c2cccc(C(F)(F)F)c2)n1. The predicted octanol–water partition coefficient (Wildman–Crippen LogP) is 2.87. The van der Waals surface area contributed by atoms with Gasteiger partial charge in [-0.25, -0.2) is 4.68 Å². The molecule has 2 rings (SSSR count). The first kappa shape index (κ1) is 16.0. The Morgan fingerprint density at radius 3 is 2.82 bits per heavy atom. The topological polar surface area (TPSA) is 56.1 Å². The number of nitrogens with zero attached hydrogens (tertiary/aromatic N) is 2. The minimum Gasteiger partial charge on any atom is -0.372 e. The van der Waals surface area contributed by atoms with Gasteiger partial charge in [0.2, 0.25) is 0 Å². The molecule has 1 heterocycles. The summed E-state index contributed by atoms with van der Waals surface area (Å²) in [5.41, 5.74) is -0.512. The zero-order valence-corrected chi connectivity index (χ0v) is 11.7. The van der Waals surface area contributed by atoms with Crippen LogP contribution in [0.25, 0.3) is 5.69 Å². The summed E-state index contributed by atoms with van der Waals surface area (Å²) in [6.07, 6.45) is -2.95. The standard InChI is InChI=1S/C14H14F3N3O2/c1-2-22-9-13(21)18-12-6-7-20(19-12)11-5-3-4-10(8-11)14(15,16)17/h3-8H,2,9H2,1H3,(H,18,19,21). The van der Waals surface area contributed by atoms with Crippen LogP contribution in [0.2, 0.25) is 0 Å². The maximum atomic E-state index is 12.7. The molecule has 0 bridgehead atoms. The van der Waals surface area contributed by atoms with Crippen molar-refractivity contribution in [3.8, 4) is 5.69 Å². The minimum atomic E-state index is -4.42. The van der Waals surface area contributed by atoms with Crippen molar-refractivity contribution < 1.29 is 22.7 Å². The number of ether oxygens (including phenoxy) is 1. The maximum absolute atomic E-state index is 12.7. The molecule has 1 N–H and O–H groups in total. The molecule has 1 aromatic carbocycles. The lowest BCUT2D eigenvalue weighted by Crippen LogP contribution is -2.18. The highest BCUT2D eigenvalue weighted by Gasteiger charge is 2.30. The fourth-order valence-electron chi connectivity index (χ4n) is 1.73. The van der Waals surface area contributed by atoms with Gasteiger partial charge in [-0.05, 0) is 25.1 Å². The first-order chi connectivity index (χ1) is 10.4. The van der Waals surface area contributed by atoms with Crippen molar-refractivity contribution in [1.29, 1.82) is 0 Å². The van der Waals surface area contributed by atoms with Gasteiger partial charge < -0.3 is 10.1 Å². The molecular weight excluding hydrogens is 299 g/mol. The van der Waals surface area contributed by atoms with Crippen molar-refractivity contribution in [2.75, 3.05) is 18.5 Å². The average Bonchev–Trinajstić information content (AvgIpc) is 2.93. The molecule has 0 saturated carbocycles. The van der Waals surface area contributed by atoms with Gasteiger partial charge in [-0.15, -0.1) is 0 Å². The van der Waals surface area contributed by atoms with Gasteiger partial charge >= 0.3 is 6.18 Å². The fourth-order valence-corrected chi connectivity index (χ4v) is 1.73. The molecule has 0 saturated heterocycles. The Hall–Kier alpha value is -2.35. The first-order valence-electron chi connectivity index (χ1n) is 6.51. The van der Waals surface area contributed by atoms with Crippen molar-refractivity contribution >= 4 is 11.7 Å². The lowest BCUT2D eigenvalue weighted by Gasteiger charge is -2.08. The average molecular weight is 313 g/mol.